The summed E-state index contributed by atoms with van der Waals surface area (Å²) in [6.07, 6.45) is 19.1. The molecule has 1 aliphatic heterocycles. The molecule has 7 aromatic heterocycles. The number of methoxy groups -OCH3 is 4. The van der Waals surface area contributed by atoms with Gasteiger partial charge in [-0.3, -0.25) is 19.2 Å². The molecular formula is C114H138N28O8. The third-order valence-corrected chi connectivity index (χ3v) is 25.7. The fourth-order valence-electron chi connectivity index (χ4n) is 17.2. The normalized spacial score (nSPS) is 11.3. The number of ether oxygens (including phenoxy) is 4. The van der Waals surface area contributed by atoms with Gasteiger partial charge in [-0.25, -0.2) is 34.9 Å². The van der Waals surface area contributed by atoms with Gasteiger partial charge in [0, 0.05) is 231 Å². The molecule has 782 valence electrons. The summed E-state index contributed by atoms with van der Waals surface area (Å²) >= 11 is 0. The molecule has 0 aliphatic carbocycles. The molecule has 36 heteroatoms. The Bertz CT molecular complexity index is 7270. The third-order valence-electron chi connectivity index (χ3n) is 25.7. The van der Waals surface area contributed by atoms with Gasteiger partial charge in [0.25, 0.3) is 0 Å². The molecule has 0 fully saturated rings. The Labute approximate surface area is 878 Å². The van der Waals surface area contributed by atoms with Crippen molar-refractivity contribution in [3.05, 3.63) is 269 Å². The van der Waals surface area contributed by atoms with Gasteiger partial charge >= 0.3 is 0 Å². The second-order valence-corrected chi connectivity index (χ2v) is 36.3. The van der Waals surface area contributed by atoms with Crippen LogP contribution in [-0.4, -0.2) is 267 Å². The van der Waals surface area contributed by atoms with Gasteiger partial charge in [0.1, 0.15) is 28.8 Å². The Kier molecular flexibility index (Phi) is 38.3. The molecule has 0 atom stereocenters. The molecule has 8 heterocycles. The van der Waals surface area contributed by atoms with Gasteiger partial charge < -0.3 is 119 Å². The molecule has 15 aromatic rings. The number of benzene rings is 8. The van der Waals surface area contributed by atoms with E-state index in [4.69, 9.17) is 38.9 Å². The van der Waals surface area contributed by atoms with Crippen LogP contribution in [0.25, 0.3) is 66.5 Å². The van der Waals surface area contributed by atoms with Crippen LogP contribution in [-0.2, 0) is 46.7 Å². The number of nitrogens with zero attached hydrogens (tertiary/aromatic N) is 20. The van der Waals surface area contributed by atoms with Crippen LogP contribution in [0.1, 0.15) is 26.3 Å². The fraction of sp³-hybridized carbons (Fsp3) is 0.281. The Morgan fingerprint density at radius 2 is 0.653 bits per heavy atom. The zero-order chi connectivity index (χ0) is 107. The number of para-hydroxylation sites is 4. The summed E-state index contributed by atoms with van der Waals surface area (Å²) < 4.78 is 29.1. The van der Waals surface area contributed by atoms with Gasteiger partial charge in [0.2, 0.25) is 47.4 Å². The van der Waals surface area contributed by atoms with Crippen molar-refractivity contribution in [2.75, 3.05) is 237 Å². The van der Waals surface area contributed by atoms with Crippen molar-refractivity contribution >= 4 is 160 Å². The van der Waals surface area contributed by atoms with Crippen molar-refractivity contribution in [1.29, 1.82) is 0 Å². The highest BCUT2D eigenvalue weighted by Crippen LogP contribution is 2.45. The monoisotopic (exact) mass is 2030 g/mol. The van der Waals surface area contributed by atoms with Crippen LogP contribution in [0.3, 0.4) is 0 Å². The summed E-state index contributed by atoms with van der Waals surface area (Å²) in [5, 5.41) is 28.2. The van der Waals surface area contributed by atoms with E-state index in [9.17, 15) is 19.2 Å². The maximum atomic E-state index is 12.3. The highest BCUT2D eigenvalue weighted by atomic mass is 16.5. The minimum absolute atomic E-state index is 0.292. The van der Waals surface area contributed by atoms with E-state index < -0.39 is 0 Å². The van der Waals surface area contributed by atoms with Crippen LogP contribution in [0.4, 0.5) is 104 Å². The SMILES string of the molecule is C=CC(=O)Nc1cc(Nc2nccc(-c3cn(C)c4ccccc34)n2)c(OC)cc1N(C)CCN(C)C.C=CC(=O)Nc1cc(Nc2nccc(-c3cn(C)c4ccccc34)n2)c(OC)cc1N(C)CCN(C)CC.C=CC(=O)Nc1cc(Nc2nccc(-c3cn(C)c4ccccc34)n2)c(OC)cc1N(C)CCN(CC)CC.C=CC(=O)Nc1cc(Nc2nccc(N3CCc4ccccc43)n2)c(OC)cc1N(C)CCN(C)C. The van der Waals surface area contributed by atoms with Gasteiger partial charge in [-0.2, -0.15) is 4.98 Å². The largest absolute Gasteiger partial charge is 0.494 e. The number of nitrogens with one attached hydrogen (secondary N) is 8. The predicted octanol–water partition coefficient (Wildman–Crippen LogP) is 18.7. The van der Waals surface area contributed by atoms with E-state index in [2.05, 4.69) is 248 Å². The first-order chi connectivity index (χ1) is 72.4. The molecule has 8 N–H and O–H groups in total. The molecule has 0 radical (unpaired) electrons. The van der Waals surface area contributed by atoms with Crippen LogP contribution < -0.4 is 86.0 Å². The second-order valence-electron chi connectivity index (χ2n) is 36.3. The molecular weight excluding hydrogens is 1890 g/mol. The number of likely N-dealkylation sites (N-methyl/N-ethyl adjacent to an activating group) is 8. The maximum absolute atomic E-state index is 12.3. The number of hydrogen-bond donors (Lipinski definition) is 8. The molecule has 0 unspecified atom stereocenters. The number of aryl methyl sites for hydroxylation is 3. The zero-order valence-electron chi connectivity index (χ0n) is 89.2. The Balaban J connectivity index is 0.000000167. The summed E-state index contributed by atoms with van der Waals surface area (Å²) in [6.45, 7) is 31.1. The van der Waals surface area contributed by atoms with E-state index in [0.29, 0.717) is 92.3 Å². The van der Waals surface area contributed by atoms with E-state index in [1.165, 1.54) is 35.6 Å². The average Bonchev–Trinajstić information content (AvgIpc) is 1.43. The standard InChI is InChI=1S/C30H37N7O2.C29H35N7O2.C28H33N7O2.C27H33N7O2/c1-7-29(38)32-24-18-25(28(39-6)19-27(24)35(4)16-17-37(8-2)9-3)34-30-31-15-14-23(33-30)22-20-36(5)26-13-11-10-12-21(22)26;1-7-28(37)31-23-17-24(27(38-6)18-26(23)35(4)16-15-34(3)8-2)33-29-30-14-13-22(32-29)21-19-36(5)25-12-10-9-11-20(21)25;1-7-27(36)30-22-16-23(26(37-6)17-25(22)34(4)15-14-33(2)3)32-28-29-13-12-21(31-28)20-18-35(5)24-11-9-8-10-19(20)24;1-6-26(35)29-20-17-21(24(36-5)18-23(20)33(4)16-15-32(2)3)30-27-28-13-11-25(31-27)34-14-12-19-9-7-8-10-22(19)34/h7,10-15,18-20H,1,8-9,16-17H2,2-6H3,(H,32,38)(H,31,33,34);7,9-14,17-19H,1,8,15-16H2,2-6H3,(H,31,37)(H,30,32,33);7-13,16-18H,1,14-15H2,2-6H3,(H,30,36)(H,29,31,32);6-11,13,17-18H,1,12,14-16H2,2-5H3,(H,29,35)(H,28,30,31). The molecule has 4 amide bonds. The quantitative estimate of drug-likeness (QED) is 0.0165. The summed E-state index contributed by atoms with van der Waals surface area (Å²) in [7, 11) is 30.7. The first-order valence-electron chi connectivity index (χ1n) is 49.5. The lowest BCUT2D eigenvalue weighted by atomic mass is 10.1. The molecule has 36 nitrogen and oxygen atoms in total. The number of amides is 4. The highest BCUT2D eigenvalue weighted by Gasteiger charge is 2.27. The van der Waals surface area contributed by atoms with Crippen LogP contribution >= 0.6 is 0 Å². The number of hydrogen-bond acceptors (Lipinski definition) is 29. The van der Waals surface area contributed by atoms with Crippen molar-refractivity contribution in [3.63, 3.8) is 0 Å². The van der Waals surface area contributed by atoms with Crippen molar-refractivity contribution < 1.29 is 38.1 Å². The Morgan fingerprint density at radius 1 is 0.353 bits per heavy atom. The van der Waals surface area contributed by atoms with E-state index in [-0.39, 0.29) is 23.6 Å². The topological polar surface area (TPSA) is 349 Å². The molecule has 1 aliphatic rings. The summed E-state index contributed by atoms with van der Waals surface area (Å²) in [5.74, 6) is 3.74. The van der Waals surface area contributed by atoms with Gasteiger partial charge in [0.15, 0.2) is 0 Å². The number of anilines is 18. The highest BCUT2D eigenvalue weighted by molar-refractivity contribution is 6.06. The molecule has 0 saturated carbocycles. The molecule has 16 rings (SSSR count). The minimum atomic E-state index is -0.299. The molecule has 0 saturated heterocycles. The molecule has 150 heavy (non-hydrogen) atoms. The van der Waals surface area contributed by atoms with Crippen LogP contribution in [0, 0.1) is 0 Å². The molecule has 8 aromatic carbocycles. The smallest absolute Gasteiger partial charge is 0.247 e. The van der Waals surface area contributed by atoms with Gasteiger partial charge in [-0.05, 0) is 164 Å². The maximum Gasteiger partial charge on any atom is 0.247 e. The number of carbonyl (C=O) groups is 4. The lowest BCUT2D eigenvalue weighted by molar-refractivity contribution is -0.112. The first kappa shape index (κ1) is 110. The predicted molar refractivity (Wildman–Crippen MR) is 613 cm³/mol. The number of aromatic nitrogens is 11. The van der Waals surface area contributed by atoms with Crippen molar-refractivity contribution in [1.82, 2.24) is 73.2 Å². The van der Waals surface area contributed by atoms with Crippen molar-refractivity contribution in [2.45, 2.75) is 27.2 Å². The van der Waals surface area contributed by atoms with Gasteiger partial charge in [-0.1, -0.05) is 120 Å². The van der Waals surface area contributed by atoms with Crippen LogP contribution in [0.2, 0.25) is 0 Å². The summed E-state index contributed by atoms with van der Waals surface area (Å²) in [5.41, 5.74) is 19.7. The molecule has 0 bridgehead atoms. The Morgan fingerprint density at radius 3 is 0.967 bits per heavy atom. The van der Waals surface area contributed by atoms with Crippen LogP contribution in [0.15, 0.2) is 264 Å². The van der Waals surface area contributed by atoms with E-state index in [0.717, 1.165) is 180 Å². The summed E-state index contributed by atoms with van der Waals surface area (Å²) in [4.78, 5) is 105. The lowest BCUT2D eigenvalue weighted by Crippen LogP contribution is -2.33. The van der Waals surface area contributed by atoms with Crippen LogP contribution in [0.5, 0.6) is 23.0 Å². The second kappa shape index (κ2) is 52.2. The van der Waals surface area contributed by atoms with Gasteiger partial charge in [-0.15, -0.1) is 0 Å². The number of carbonyl (C=O) groups excluding carboxylic acids is 4. The molecule has 0 spiro atoms. The van der Waals surface area contributed by atoms with Crippen molar-refractivity contribution in [3.8, 4) is 56.8 Å². The zero-order valence-corrected chi connectivity index (χ0v) is 89.2. The van der Waals surface area contributed by atoms with E-state index in [1.54, 1.807) is 53.2 Å². The average molecular weight is 2030 g/mol. The fourth-order valence-corrected chi connectivity index (χ4v) is 17.2. The van der Waals surface area contributed by atoms with E-state index in [1.807, 2.05) is 193 Å². The third kappa shape index (κ3) is 27.7. The first-order valence-corrected chi connectivity index (χ1v) is 49.5. The minimum Gasteiger partial charge on any atom is -0.494 e. The van der Waals surface area contributed by atoms with Gasteiger partial charge in [0.05, 0.1) is 114 Å². The number of rotatable bonds is 43. The number of fused-ring (bicyclic) bond motifs is 4. The summed E-state index contributed by atoms with van der Waals surface area (Å²) in [6, 6.07) is 55.6. The van der Waals surface area contributed by atoms with E-state index >= 15 is 0 Å². The Hall–Kier alpha value is -17.2. The lowest BCUT2D eigenvalue weighted by Gasteiger charge is -2.27. The van der Waals surface area contributed by atoms with Crippen molar-refractivity contribution in [2.24, 2.45) is 21.1 Å².